The molecule has 96 valence electrons. The first-order valence-electron chi connectivity index (χ1n) is 6.62. The van der Waals surface area contributed by atoms with Gasteiger partial charge in [-0.25, -0.2) is 0 Å². The second-order valence-corrected chi connectivity index (χ2v) is 5.37. The van der Waals surface area contributed by atoms with Crippen molar-refractivity contribution in [1.82, 2.24) is 0 Å². The molecule has 0 heterocycles. The van der Waals surface area contributed by atoms with Gasteiger partial charge in [-0.3, -0.25) is 4.79 Å². The summed E-state index contributed by atoms with van der Waals surface area (Å²) in [6.07, 6.45) is 5.70. The quantitative estimate of drug-likeness (QED) is 0.892. The van der Waals surface area contributed by atoms with Crippen LogP contribution < -0.4 is 4.74 Å². The van der Waals surface area contributed by atoms with Gasteiger partial charge in [0.1, 0.15) is 5.75 Å². The Balaban J connectivity index is 2.14. The molecule has 0 saturated heterocycles. The molecule has 1 fully saturated rings. The highest BCUT2D eigenvalue weighted by Gasteiger charge is 2.47. The molecule has 1 aromatic carbocycles. The van der Waals surface area contributed by atoms with Gasteiger partial charge in [0.15, 0.2) is 0 Å². The molecule has 0 spiro atoms. The van der Waals surface area contributed by atoms with E-state index in [9.17, 15) is 9.90 Å². The molecule has 3 rings (SSSR count). The molecule has 1 saturated carbocycles. The highest BCUT2D eigenvalue weighted by atomic mass is 16.5. The number of carboxylic acid groups (broad SMARTS) is 1. The van der Waals surface area contributed by atoms with E-state index in [0.717, 1.165) is 49.8 Å². The fraction of sp³-hybridized carbons (Fsp3) is 0.533. The summed E-state index contributed by atoms with van der Waals surface area (Å²) in [5.41, 5.74) is 2.93. The van der Waals surface area contributed by atoms with Crippen molar-refractivity contribution in [2.24, 2.45) is 0 Å². The summed E-state index contributed by atoms with van der Waals surface area (Å²) < 4.78 is 5.39. The zero-order valence-corrected chi connectivity index (χ0v) is 10.7. The lowest BCUT2D eigenvalue weighted by Gasteiger charge is -2.39. The summed E-state index contributed by atoms with van der Waals surface area (Å²) in [6.45, 7) is 0. The van der Waals surface area contributed by atoms with Crippen molar-refractivity contribution < 1.29 is 14.6 Å². The van der Waals surface area contributed by atoms with Gasteiger partial charge in [0.25, 0.3) is 0 Å². The van der Waals surface area contributed by atoms with Gasteiger partial charge < -0.3 is 9.84 Å². The van der Waals surface area contributed by atoms with Crippen molar-refractivity contribution in [3.63, 3.8) is 0 Å². The molecular weight excluding hydrogens is 228 g/mol. The van der Waals surface area contributed by atoms with Crippen LogP contribution in [0.5, 0.6) is 5.75 Å². The lowest BCUT2D eigenvalue weighted by Crippen LogP contribution is -2.43. The maximum atomic E-state index is 11.6. The fourth-order valence-electron chi connectivity index (χ4n) is 3.44. The predicted molar refractivity (Wildman–Crippen MR) is 68.2 cm³/mol. The molecule has 1 aromatic rings. The zero-order chi connectivity index (χ0) is 12.8. The van der Waals surface area contributed by atoms with E-state index in [1.165, 1.54) is 11.1 Å². The van der Waals surface area contributed by atoms with Crippen LogP contribution in [0.4, 0.5) is 0 Å². The van der Waals surface area contributed by atoms with Crippen molar-refractivity contribution >= 4 is 5.97 Å². The van der Waals surface area contributed by atoms with E-state index in [1.54, 1.807) is 7.11 Å². The number of rotatable bonds is 3. The lowest BCUT2D eigenvalue weighted by molar-refractivity contribution is -0.147. The Morgan fingerprint density at radius 1 is 1.22 bits per heavy atom. The van der Waals surface area contributed by atoms with E-state index in [0.29, 0.717) is 0 Å². The predicted octanol–water partition coefficient (Wildman–Crippen LogP) is 2.69. The van der Waals surface area contributed by atoms with Crippen LogP contribution in [-0.2, 0) is 23.1 Å². The number of aliphatic carboxylic acids is 1. The highest BCUT2D eigenvalue weighted by Crippen LogP contribution is 2.48. The van der Waals surface area contributed by atoms with E-state index < -0.39 is 11.4 Å². The molecule has 1 N–H and O–H groups in total. The Kier molecular flexibility index (Phi) is 2.58. The number of hydrogen-bond acceptors (Lipinski definition) is 2. The molecule has 0 bridgehead atoms. The third kappa shape index (κ3) is 1.39. The first-order valence-corrected chi connectivity index (χ1v) is 6.62. The smallest absolute Gasteiger partial charge is 0.314 e. The molecule has 0 unspecified atom stereocenters. The summed E-state index contributed by atoms with van der Waals surface area (Å²) >= 11 is 0. The molecule has 3 heteroatoms. The van der Waals surface area contributed by atoms with Crippen molar-refractivity contribution in [2.45, 2.75) is 43.9 Å². The molecule has 3 nitrogen and oxygen atoms in total. The normalized spacial score (nSPS) is 20.1. The minimum absolute atomic E-state index is 0.610. The Morgan fingerprint density at radius 2 is 1.94 bits per heavy atom. The van der Waals surface area contributed by atoms with Crippen LogP contribution in [0.1, 0.15) is 42.4 Å². The third-order valence-electron chi connectivity index (χ3n) is 4.59. The van der Waals surface area contributed by atoms with E-state index in [-0.39, 0.29) is 0 Å². The van der Waals surface area contributed by atoms with Gasteiger partial charge in [-0.05, 0) is 54.9 Å². The number of carboxylic acids is 1. The van der Waals surface area contributed by atoms with Gasteiger partial charge in [0, 0.05) is 0 Å². The first kappa shape index (κ1) is 11.6. The Labute approximate surface area is 107 Å². The van der Waals surface area contributed by atoms with Gasteiger partial charge in [-0.2, -0.15) is 0 Å². The zero-order valence-electron chi connectivity index (χ0n) is 10.7. The standard InChI is InChI=1S/C15H18O3/c1-18-13-7-6-12(10-4-2-5-11(10)13)15(14(16)17)8-3-9-15/h6-7H,2-5,8-9H2,1H3,(H,16,17). The van der Waals surface area contributed by atoms with E-state index in [4.69, 9.17) is 4.74 Å². The number of carbonyl (C=O) groups is 1. The van der Waals surface area contributed by atoms with Crippen LogP contribution in [0, 0.1) is 0 Å². The lowest BCUT2D eigenvalue weighted by atomic mass is 9.63. The van der Waals surface area contributed by atoms with Crippen molar-refractivity contribution in [2.75, 3.05) is 7.11 Å². The molecule has 2 aliphatic rings. The average Bonchev–Trinajstić information content (AvgIpc) is 2.76. The molecule has 0 radical (unpaired) electrons. The topological polar surface area (TPSA) is 46.5 Å². The molecule has 2 aliphatic carbocycles. The van der Waals surface area contributed by atoms with Crippen LogP contribution in [0.15, 0.2) is 12.1 Å². The molecule has 18 heavy (non-hydrogen) atoms. The molecule has 0 aromatic heterocycles. The van der Waals surface area contributed by atoms with Crippen LogP contribution in [0.25, 0.3) is 0 Å². The number of benzene rings is 1. The van der Waals surface area contributed by atoms with Crippen LogP contribution >= 0.6 is 0 Å². The van der Waals surface area contributed by atoms with Crippen molar-refractivity contribution in [3.8, 4) is 5.75 Å². The fourth-order valence-corrected chi connectivity index (χ4v) is 3.44. The number of hydrogen-bond donors (Lipinski definition) is 1. The van der Waals surface area contributed by atoms with Gasteiger partial charge in [-0.1, -0.05) is 12.5 Å². The Hall–Kier alpha value is -1.51. The van der Waals surface area contributed by atoms with Crippen molar-refractivity contribution in [1.29, 1.82) is 0 Å². The Morgan fingerprint density at radius 3 is 2.50 bits per heavy atom. The highest BCUT2D eigenvalue weighted by molar-refractivity contribution is 5.83. The summed E-state index contributed by atoms with van der Waals surface area (Å²) in [5, 5.41) is 9.56. The number of ether oxygens (including phenoxy) is 1. The van der Waals surface area contributed by atoms with Gasteiger partial charge in [0.05, 0.1) is 12.5 Å². The maximum absolute atomic E-state index is 11.6. The van der Waals surface area contributed by atoms with E-state index >= 15 is 0 Å². The van der Waals surface area contributed by atoms with Crippen LogP contribution in [-0.4, -0.2) is 18.2 Å². The molecule has 0 aliphatic heterocycles. The largest absolute Gasteiger partial charge is 0.496 e. The minimum atomic E-state index is -0.659. The average molecular weight is 246 g/mol. The van der Waals surface area contributed by atoms with Gasteiger partial charge in [-0.15, -0.1) is 0 Å². The number of methoxy groups -OCH3 is 1. The summed E-state index contributed by atoms with van der Waals surface area (Å²) in [5.74, 6) is 0.263. The van der Waals surface area contributed by atoms with Gasteiger partial charge in [0.2, 0.25) is 0 Å². The summed E-state index contributed by atoms with van der Waals surface area (Å²) in [6, 6.07) is 3.93. The second-order valence-electron chi connectivity index (χ2n) is 5.37. The number of fused-ring (bicyclic) bond motifs is 1. The summed E-state index contributed by atoms with van der Waals surface area (Å²) in [7, 11) is 1.68. The second kappa shape index (κ2) is 4.01. The maximum Gasteiger partial charge on any atom is 0.314 e. The minimum Gasteiger partial charge on any atom is -0.496 e. The first-order chi connectivity index (χ1) is 8.69. The monoisotopic (exact) mass is 246 g/mol. The molecule has 0 atom stereocenters. The van der Waals surface area contributed by atoms with Crippen LogP contribution in [0.2, 0.25) is 0 Å². The third-order valence-corrected chi connectivity index (χ3v) is 4.59. The molecule has 0 amide bonds. The van der Waals surface area contributed by atoms with Crippen LogP contribution in [0.3, 0.4) is 0 Å². The van der Waals surface area contributed by atoms with E-state index in [2.05, 4.69) is 0 Å². The van der Waals surface area contributed by atoms with Gasteiger partial charge >= 0.3 is 5.97 Å². The van der Waals surface area contributed by atoms with Crippen molar-refractivity contribution in [3.05, 3.63) is 28.8 Å². The SMILES string of the molecule is COc1ccc(C2(C(=O)O)CCC2)c2c1CCC2. The summed E-state index contributed by atoms with van der Waals surface area (Å²) in [4.78, 5) is 11.6. The van der Waals surface area contributed by atoms with E-state index in [1.807, 2.05) is 12.1 Å². The Bertz CT molecular complexity index is 501. The molecular formula is C15H18O3.